The fraction of sp³-hybridized carbons (Fsp3) is 0.492. The van der Waals surface area contributed by atoms with Crippen molar-refractivity contribution < 1.29 is 89.9 Å². The third kappa shape index (κ3) is 16.0. The van der Waals surface area contributed by atoms with Crippen molar-refractivity contribution in [1.29, 1.82) is 0 Å². The Bertz CT molecular complexity index is 4460. The first-order valence-electron chi connectivity index (χ1n) is 29.9. The normalized spacial score (nSPS) is 16.2. The number of fused-ring (bicyclic) bond motifs is 5. The number of hydrogen-bond donors (Lipinski definition) is 1. The highest BCUT2D eigenvalue weighted by Gasteiger charge is 2.67. The molecule has 1 saturated carbocycles. The summed E-state index contributed by atoms with van der Waals surface area (Å²) < 4.78 is 206. The van der Waals surface area contributed by atoms with Crippen LogP contribution in [-0.2, 0) is 80.5 Å². The molecule has 1 fully saturated rings. The molecule has 2 aliphatic carbocycles. The number of pyridine rings is 1. The highest BCUT2D eigenvalue weighted by molar-refractivity contribution is 7.92. The van der Waals surface area contributed by atoms with Crippen LogP contribution in [0.3, 0.4) is 0 Å². The maximum absolute atomic E-state index is 15.9. The molecule has 4 aromatic heterocycles. The van der Waals surface area contributed by atoms with Gasteiger partial charge in [0.1, 0.15) is 46.7 Å². The van der Waals surface area contributed by atoms with E-state index in [2.05, 4.69) is 25.5 Å². The van der Waals surface area contributed by atoms with Crippen molar-refractivity contribution in [3.05, 3.63) is 127 Å². The molecule has 3 atom stereocenters. The summed E-state index contributed by atoms with van der Waals surface area (Å²) >= 11 is 7.04. The van der Waals surface area contributed by atoms with Crippen LogP contribution in [0, 0.1) is 24.5 Å². The molecule has 0 bridgehead atoms. The summed E-state index contributed by atoms with van der Waals surface area (Å²) in [6, 6.07) is 7.85. The molecule has 3 aromatic carbocycles. The topological polar surface area (TPSA) is 247 Å². The lowest BCUT2D eigenvalue weighted by Crippen LogP contribution is -2.40. The maximum Gasteiger partial charge on any atom is 0.531 e. The summed E-state index contributed by atoms with van der Waals surface area (Å²) in [5.74, 6) is -13.5. The zero-order valence-corrected chi connectivity index (χ0v) is 57.0. The van der Waals surface area contributed by atoms with Crippen LogP contribution in [-0.4, -0.2) is 96.1 Å². The molecule has 0 saturated heterocycles. The highest BCUT2D eigenvalue weighted by Crippen LogP contribution is 2.68. The molecule has 0 unspecified atom stereocenters. The van der Waals surface area contributed by atoms with Gasteiger partial charge in [-0.15, -0.1) is 0 Å². The summed E-state index contributed by atoms with van der Waals surface area (Å²) in [7, 11) is -8.28. The molecular formula is C63H70ClF9N9O12PS. The molecule has 0 aliphatic heterocycles. The van der Waals surface area contributed by atoms with Gasteiger partial charge < -0.3 is 19.3 Å². The number of amides is 2. The Labute approximate surface area is 550 Å². The monoisotopic (exact) mass is 1410 g/mol. The summed E-state index contributed by atoms with van der Waals surface area (Å²) in [5, 5.41) is 9.69. The Morgan fingerprint density at radius 1 is 0.885 bits per heavy atom. The van der Waals surface area contributed by atoms with Gasteiger partial charge in [0.2, 0.25) is 27.7 Å². The fourth-order valence-corrected chi connectivity index (χ4v) is 14.8. The van der Waals surface area contributed by atoms with E-state index in [0.29, 0.717) is 26.9 Å². The van der Waals surface area contributed by atoms with Crippen LogP contribution < -0.4 is 24.4 Å². The molecule has 33 heteroatoms. The molecular weight excluding hydrogens is 1340 g/mol. The van der Waals surface area contributed by atoms with Gasteiger partial charge in [-0.2, -0.15) is 41.4 Å². The molecule has 2 aliphatic rings. The minimum atomic E-state index is -4.86. The first kappa shape index (κ1) is 72.7. The van der Waals surface area contributed by atoms with Crippen molar-refractivity contribution in [2.45, 2.75) is 174 Å². The van der Waals surface area contributed by atoms with E-state index in [1.54, 1.807) is 75.3 Å². The number of carbonyl (C=O) groups excluding carboxylic acids is 3. The van der Waals surface area contributed by atoms with Crippen LogP contribution in [0.1, 0.15) is 159 Å². The Kier molecular flexibility index (Phi) is 19.4. The number of anilines is 1. The number of aromatic nitrogens is 7. The van der Waals surface area contributed by atoms with E-state index in [-0.39, 0.29) is 50.5 Å². The number of sulfonamides is 1. The molecule has 4 heterocycles. The number of nitrogens with zero attached hydrogens (tertiary/aromatic N) is 8. The van der Waals surface area contributed by atoms with E-state index in [0.717, 1.165) is 39.6 Å². The van der Waals surface area contributed by atoms with Crippen LogP contribution in [0.4, 0.5) is 45.3 Å². The van der Waals surface area contributed by atoms with E-state index in [1.165, 1.54) is 33.0 Å². The molecule has 9 rings (SSSR count). The second-order valence-corrected chi connectivity index (χ2v) is 31.0. The van der Waals surface area contributed by atoms with Crippen LogP contribution in [0.25, 0.3) is 27.6 Å². The Morgan fingerprint density at radius 2 is 1.52 bits per heavy atom. The number of ether oxygens (including phenoxy) is 2. The number of aryl methyl sites for hydroxylation is 2. The quantitative estimate of drug-likeness (QED) is 0.0376. The van der Waals surface area contributed by atoms with Gasteiger partial charge in [0.15, 0.2) is 11.5 Å². The fourth-order valence-electron chi connectivity index (χ4n) is 11.9. The number of alkyl halides is 7. The second-order valence-electron chi connectivity index (χ2n) is 27.3. The highest BCUT2D eigenvalue weighted by atomic mass is 35.5. The predicted octanol–water partition coefficient (Wildman–Crippen LogP) is 13.3. The summed E-state index contributed by atoms with van der Waals surface area (Å²) in [5.41, 5.74) is -9.05. The van der Waals surface area contributed by atoms with Crippen LogP contribution in [0.2, 0.25) is 5.02 Å². The molecule has 7 aromatic rings. The van der Waals surface area contributed by atoms with Gasteiger partial charge >= 0.3 is 20.0 Å². The molecule has 96 heavy (non-hydrogen) atoms. The number of nitrogens with one attached hydrogen (secondary N) is 1. The molecule has 520 valence electrons. The number of halogens is 10. The van der Waals surface area contributed by atoms with Crippen LogP contribution in [0.15, 0.2) is 59.4 Å². The van der Waals surface area contributed by atoms with Crippen LogP contribution >= 0.6 is 19.4 Å². The van der Waals surface area contributed by atoms with Crippen molar-refractivity contribution in [2.24, 2.45) is 13.0 Å². The number of phosphoric ester groups is 1. The lowest BCUT2D eigenvalue weighted by atomic mass is 9.77. The van der Waals surface area contributed by atoms with Gasteiger partial charge in [-0.25, -0.2) is 35.5 Å². The number of esters is 1. The first-order valence-corrected chi connectivity index (χ1v) is 33.6. The first-order chi connectivity index (χ1) is 44.0. The van der Waals surface area contributed by atoms with Crippen molar-refractivity contribution in [1.82, 2.24) is 39.4 Å². The van der Waals surface area contributed by atoms with Crippen molar-refractivity contribution in [3.63, 3.8) is 0 Å². The molecule has 1 N–H and O–H groups in total. The number of carbonyl (C=O) groups is 3. The van der Waals surface area contributed by atoms with E-state index in [1.807, 2.05) is 0 Å². The van der Waals surface area contributed by atoms with E-state index in [9.17, 15) is 44.5 Å². The van der Waals surface area contributed by atoms with Crippen molar-refractivity contribution in [2.75, 3.05) is 17.2 Å². The van der Waals surface area contributed by atoms with Crippen molar-refractivity contribution >= 4 is 75.0 Å². The van der Waals surface area contributed by atoms with Crippen LogP contribution in [0.5, 0.6) is 11.6 Å². The molecule has 2 amide bonds. The standard InChI is InChI=1S/C63H70ClF9N9O12PS/c1-31-21-33(26-46(85)91-58(2,3)4)49(42(22-31)92-95(87,93-59(5,6)7)94-60(8,9)10)61(11,12)29-45(84)82(96(14,88)89)56-48-39(64)16-17-41(51(48)79(13)78-56)81-55(76-54-36(57(81)86)15-18-44(75-54)90-20-19-62(69,70)71)40(25-32-23-34(65)27-35(66)24-32)74-43(83)30-80-52-47(50(77-80)53(67)68)37-28-38(37)63(52,72)73/h15-18,21-24,27,37-38,40,53H,19-20,25-26,28-30H2,1-14H3,(H,74,83)/t37-,38+,40-/m0/s1. The zero-order valence-electron chi connectivity index (χ0n) is 54.6. The van der Waals surface area contributed by atoms with Gasteiger partial charge in [-0.05, 0) is 135 Å². The van der Waals surface area contributed by atoms with E-state index in [4.69, 9.17) is 34.6 Å². The average Bonchev–Trinajstić information content (AvgIpc) is 1.52. The number of rotatable bonds is 22. The van der Waals surface area contributed by atoms with E-state index < -0.39 is 196 Å². The lowest BCUT2D eigenvalue weighted by molar-refractivity contribution is -0.154. The average molecular weight is 1410 g/mol. The molecule has 0 radical (unpaired) electrons. The van der Waals surface area contributed by atoms with E-state index >= 15 is 27.2 Å². The predicted molar refractivity (Wildman–Crippen MR) is 334 cm³/mol. The van der Waals surface area contributed by atoms with Gasteiger partial charge in [0, 0.05) is 54.5 Å². The van der Waals surface area contributed by atoms with Crippen molar-refractivity contribution in [3.8, 4) is 17.3 Å². The number of benzene rings is 3. The minimum Gasteiger partial charge on any atom is -0.477 e. The SMILES string of the molecule is Cc1cc(CC(=O)OC(C)(C)C)c(C(C)(C)CC(=O)N(c2nn(C)c3c(-n4c([C@H](Cc5cc(F)cc(F)c5)NC(=O)Cn5nc(C(F)F)c6c5C(F)(F)[C@@H]5C[C@H]65)nc5nc(OCCC(F)(F)F)ccc5c4=O)ccc(Cl)c23)S(C)(=O)=O)c(OP(=O)(OC(C)(C)C)OC(C)(C)C)c1. The Hall–Kier alpha value is -7.60. The van der Waals surface area contributed by atoms with Gasteiger partial charge in [0.05, 0.1) is 69.9 Å². The Balaban J connectivity index is 1.22. The summed E-state index contributed by atoms with van der Waals surface area (Å²) in [6.45, 7) is 17.1. The third-order valence-corrected chi connectivity index (χ3v) is 18.4. The minimum absolute atomic E-state index is 0.0656. The van der Waals surface area contributed by atoms with Gasteiger partial charge in [-0.1, -0.05) is 31.5 Å². The summed E-state index contributed by atoms with van der Waals surface area (Å²) in [4.78, 5) is 68.0. The Morgan fingerprint density at radius 3 is 2.10 bits per heavy atom. The molecule has 21 nitrogen and oxygen atoms in total. The zero-order chi connectivity index (χ0) is 71.3. The third-order valence-electron chi connectivity index (χ3n) is 15.1. The maximum atomic E-state index is 15.9. The van der Waals surface area contributed by atoms with Gasteiger partial charge in [-0.3, -0.25) is 42.2 Å². The summed E-state index contributed by atoms with van der Waals surface area (Å²) in [6.07, 6.45) is -10.9. The largest absolute Gasteiger partial charge is 0.531 e. The molecule has 0 spiro atoms. The second kappa shape index (κ2) is 25.7. The number of hydrogen-bond acceptors (Lipinski definition) is 16. The smallest absolute Gasteiger partial charge is 0.477 e. The lowest BCUT2D eigenvalue weighted by Gasteiger charge is -2.34. The number of phosphoric acid groups is 1. The van der Waals surface area contributed by atoms with Gasteiger partial charge in [0.25, 0.3) is 17.9 Å².